The van der Waals surface area contributed by atoms with E-state index in [1.54, 1.807) is 13.1 Å². The zero-order valence-corrected chi connectivity index (χ0v) is 13.2. The molecule has 0 unspecified atom stereocenters. The molecule has 1 aromatic heterocycles. The molecule has 0 amide bonds. The third-order valence-corrected chi connectivity index (χ3v) is 3.13. The van der Waals surface area contributed by atoms with Crippen molar-refractivity contribution in [2.45, 2.75) is 11.4 Å². The number of hydrogen-bond acceptors (Lipinski definition) is 2. The predicted octanol–water partition coefficient (Wildman–Crippen LogP) is 2.93. The molecule has 2 aromatic rings. The number of benzene rings is 1. The molecule has 0 spiro atoms. The number of Topliss-reactive ketones (excluding diaryl/α,β-unsaturated/α-hetero) is 1. The first kappa shape index (κ1) is 13.9. The average molecular weight is 332 g/mol. The van der Waals surface area contributed by atoms with Crippen LogP contribution in [0.2, 0.25) is 4.44 Å². The minimum atomic E-state index is 0.0764. The molecule has 0 fully saturated rings. The van der Waals surface area contributed by atoms with Crippen molar-refractivity contribution in [2.24, 2.45) is 0 Å². The van der Waals surface area contributed by atoms with E-state index in [2.05, 4.69) is 11.6 Å². The van der Waals surface area contributed by atoms with Crippen LogP contribution in [0.4, 0.5) is 0 Å². The van der Waals surface area contributed by atoms with Gasteiger partial charge in [-0.15, -0.1) is 0 Å². The van der Waals surface area contributed by atoms with E-state index in [1.165, 1.54) is 27.0 Å². The Morgan fingerprint density at radius 2 is 2.18 bits per heavy atom. The Labute approximate surface area is 115 Å². The topological polar surface area (TPSA) is 30.0 Å². The fourth-order valence-electron chi connectivity index (χ4n) is 1.29. The van der Waals surface area contributed by atoms with Gasteiger partial charge in [-0.3, -0.25) is 9.78 Å². The van der Waals surface area contributed by atoms with E-state index >= 15 is 0 Å². The monoisotopic (exact) mass is 333 g/mol. The van der Waals surface area contributed by atoms with E-state index in [4.69, 9.17) is 0 Å². The van der Waals surface area contributed by atoms with Crippen LogP contribution in [0.15, 0.2) is 49.2 Å². The molecule has 0 saturated heterocycles. The molecule has 0 saturated carbocycles. The van der Waals surface area contributed by atoms with Crippen LogP contribution in [-0.4, -0.2) is 33.3 Å². The molecule has 1 heterocycles. The maximum absolute atomic E-state index is 11.1. The summed E-state index contributed by atoms with van der Waals surface area (Å²) in [7, 11) is 0. The van der Waals surface area contributed by atoms with Gasteiger partial charge in [-0.2, -0.15) is 0 Å². The fourth-order valence-corrected chi connectivity index (χ4v) is 1.29. The van der Waals surface area contributed by atoms with Crippen molar-refractivity contribution in [1.29, 1.82) is 0 Å². The summed E-state index contributed by atoms with van der Waals surface area (Å²) in [6.07, 6.45) is 3.66. The van der Waals surface area contributed by atoms with Crippen molar-refractivity contribution in [3.05, 3.63) is 54.7 Å². The van der Waals surface area contributed by atoms with Crippen LogP contribution in [0.3, 0.4) is 0 Å². The molecule has 0 aliphatic heterocycles. The summed E-state index contributed by atoms with van der Waals surface area (Å²) < 4.78 is 1.21. The fraction of sp³-hybridized carbons (Fsp3) is 0.143. The van der Waals surface area contributed by atoms with Crippen molar-refractivity contribution >= 4 is 39.2 Å². The Hall–Kier alpha value is -1.16. The first-order valence-electron chi connectivity index (χ1n) is 5.35. The van der Waals surface area contributed by atoms with Crippen LogP contribution in [0.25, 0.3) is 10.9 Å². The minimum absolute atomic E-state index is 0.0764. The van der Waals surface area contributed by atoms with Gasteiger partial charge in [-0.05, 0) is 19.1 Å². The Kier molecular flexibility index (Phi) is 5.90. The number of hydrogen-bond donors (Lipinski definition) is 0. The SMILES string of the molecule is C=C[CH2][SnH].CC(=O)c1ccc2cccnc2c1. The van der Waals surface area contributed by atoms with Gasteiger partial charge in [-0.25, -0.2) is 0 Å². The number of pyridine rings is 1. The van der Waals surface area contributed by atoms with Crippen LogP contribution in [0, 0.1) is 0 Å². The number of ketones is 1. The Balaban J connectivity index is 0.000000317. The summed E-state index contributed by atoms with van der Waals surface area (Å²) in [6.45, 7) is 5.07. The number of carbonyl (C=O) groups is 1. The van der Waals surface area contributed by atoms with Crippen LogP contribution in [0.5, 0.6) is 0 Å². The minimum Gasteiger partial charge on any atom is -0.295 e. The van der Waals surface area contributed by atoms with Gasteiger partial charge in [0, 0.05) is 17.1 Å². The van der Waals surface area contributed by atoms with Gasteiger partial charge in [-0.1, -0.05) is 18.2 Å². The molecule has 17 heavy (non-hydrogen) atoms. The van der Waals surface area contributed by atoms with Crippen LogP contribution in [-0.2, 0) is 0 Å². The van der Waals surface area contributed by atoms with E-state index in [9.17, 15) is 4.79 Å². The average Bonchev–Trinajstić information content (AvgIpc) is 2.38. The molecule has 0 N–H and O–H groups in total. The van der Waals surface area contributed by atoms with Gasteiger partial charge in [0.15, 0.2) is 5.78 Å². The number of fused-ring (bicyclic) bond motifs is 1. The normalized spacial score (nSPS) is 9.29. The van der Waals surface area contributed by atoms with Crippen molar-refractivity contribution < 1.29 is 4.79 Å². The molecule has 0 aliphatic carbocycles. The van der Waals surface area contributed by atoms with Gasteiger partial charge in [0.25, 0.3) is 0 Å². The first-order chi connectivity index (χ1) is 8.19. The molecular formula is C14H15NOSn. The maximum atomic E-state index is 11.1. The second-order valence-corrected chi connectivity index (χ2v) is 4.84. The molecule has 3 heteroatoms. The van der Waals surface area contributed by atoms with Crippen LogP contribution >= 0.6 is 0 Å². The summed E-state index contributed by atoms with van der Waals surface area (Å²) in [5.74, 6) is 0.0764. The summed E-state index contributed by atoms with van der Waals surface area (Å²) in [5.41, 5.74) is 1.58. The third-order valence-electron chi connectivity index (χ3n) is 2.18. The summed E-state index contributed by atoms with van der Waals surface area (Å²) in [4.78, 5) is 15.2. The number of allylic oxidation sites excluding steroid dienone is 1. The second kappa shape index (κ2) is 7.22. The van der Waals surface area contributed by atoms with E-state index in [1.807, 2.05) is 36.4 Å². The standard InChI is InChI=1S/C11H9NO.C3H5.Sn.H/c1-8(13)10-5-4-9-3-2-6-12-11(9)7-10;1-3-2;;/h2-7H,1H3;3H,1-2H2;;. The Morgan fingerprint density at radius 1 is 1.47 bits per heavy atom. The summed E-state index contributed by atoms with van der Waals surface area (Å²) in [6, 6.07) is 9.42. The van der Waals surface area contributed by atoms with Gasteiger partial charge >= 0.3 is 39.6 Å². The van der Waals surface area contributed by atoms with E-state index < -0.39 is 0 Å². The van der Waals surface area contributed by atoms with Gasteiger partial charge < -0.3 is 0 Å². The molecule has 0 aliphatic rings. The third kappa shape index (κ3) is 4.30. The number of aromatic nitrogens is 1. The van der Waals surface area contributed by atoms with Crippen molar-refractivity contribution in [1.82, 2.24) is 4.98 Å². The van der Waals surface area contributed by atoms with Gasteiger partial charge in [0.05, 0.1) is 5.52 Å². The summed E-state index contributed by atoms with van der Waals surface area (Å²) >= 11 is 1.32. The molecule has 2 radical (unpaired) electrons. The molecule has 86 valence electrons. The second-order valence-electron chi connectivity index (χ2n) is 3.49. The maximum Gasteiger partial charge on any atom is 0.159 e. The van der Waals surface area contributed by atoms with Gasteiger partial charge in [0.2, 0.25) is 0 Å². The number of carbonyl (C=O) groups excluding carboxylic acids is 1. The smallest absolute Gasteiger partial charge is 0.159 e. The van der Waals surface area contributed by atoms with E-state index in [0.717, 1.165) is 10.9 Å². The van der Waals surface area contributed by atoms with E-state index in [-0.39, 0.29) is 5.78 Å². The molecule has 2 nitrogen and oxygen atoms in total. The Morgan fingerprint density at radius 3 is 2.76 bits per heavy atom. The van der Waals surface area contributed by atoms with Crippen molar-refractivity contribution in [2.75, 3.05) is 0 Å². The molecular weight excluding hydrogens is 317 g/mol. The molecule has 1 aromatic carbocycles. The van der Waals surface area contributed by atoms with E-state index in [0.29, 0.717) is 5.56 Å². The molecule has 0 atom stereocenters. The molecule has 0 bridgehead atoms. The predicted molar refractivity (Wildman–Crippen MR) is 73.9 cm³/mol. The van der Waals surface area contributed by atoms with Crippen LogP contribution < -0.4 is 0 Å². The van der Waals surface area contributed by atoms with Gasteiger partial charge in [0.1, 0.15) is 0 Å². The first-order valence-corrected chi connectivity index (χ1v) is 7.68. The van der Waals surface area contributed by atoms with Crippen LogP contribution in [0.1, 0.15) is 17.3 Å². The zero-order valence-electron chi connectivity index (χ0n) is 9.89. The quantitative estimate of drug-likeness (QED) is 0.481. The summed E-state index contributed by atoms with van der Waals surface area (Å²) in [5, 5.41) is 1.06. The zero-order chi connectivity index (χ0) is 12.7. The number of rotatable bonds is 2. The molecule has 2 rings (SSSR count). The number of nitrogens with zero attached hydrogens (tertiary/aromatic N) is 1. The largest absolute Gasteiger partial charge is 0.295 e. The van der Waals surface area contributed by atoms with Crippen molar-refractivity contribution in [3.8, 4) is 0 Å². The van der Waals surface area contributed by atoms with Crippen molar-refractivity contribution in [3.63, 3.8) is 0 Å². The Bertz CT molecular complexity index is 522.